The summed E-state index contributed by atoms with van der Waals surface area (Å²) in [5, 5.41) is 0. The second-order valence-electron chi connectivity index (χ2n) is 7.72. The lowest BCUT2D eigenvalue weighted by atomic mass is 10.1. The zero-order chi connectivity index (χ0) is 21.3. The van der Waals surface area contributed by atoms with Crippen molar-refractivity contribution in [3.8, 4) is 22.9 Å². The van der Waals surface area contributed by atoms with Gasteiger partial charge in [0.1, 0.15) is 5.75 Å². The lowest BCUT2D eigenvalue weighted by Gasteiger charge is -2.07. The zero-order valence-electron chi connectivity index (χ0n) is 18.8. The van der Waals surface area contributed by atoms with Crippen molar-refractivity contribution in [1.29, 1.82) is 0 Å². The predicted octanol–water partition coefficient (Wildman–Crippen LogP) is 7.75. The van der Waals surface area contributed by atoms with E-state index >= 15 is 0 Å². The summed E-state index contributed by atoms with van der Waals surface area (Å²) in [7, 11) is 0. The molecule has 1 heterocycles. The number of hydrogen-bond acceptors (Lipinski definition) is 4. The summed E-state index contributed by atoms with van der Waals surface area (Å²) in [6.07, 6.45) is 21.0. The summed E-state index contributed by atoms with van der Waals surface area (Å²) < 4.78 is 11.4. The van der Waals surface area contributed by atoms with Crippen LogP contribution in [-0.4, -0.2) is 16.6 Å². The first-order chi connectivity index (χ1) is 14.8. The summed E-state index contributed by atoms with van der Waals surface area (Å²) in [4.78, 5) is 8.84. The number of benzene rings is 1. The van der Waals surface area contributed by atoms with Crippen LogP contribution in [0.25, 0.3) is 11.4 Å². The minimum atomic E-state index is 0.655. The second-order valence-corrected chi connectivity index (χ2v) is 7.72. The first-order valence-electron chi connectivity index (χ1n) is 11.7. The van der Waals surface area contributed by atoms with Crippen LogP contribution in [0.1, 0.15) is 84.5 Å². The summed E-state index contributed by atoms with van der Waals surface area (Å²) in [5.74, 6) is 2.24. The number of rotatable bonds is 16. The Kier molecular flexibility index (Phi) is 12.3. The van der Waals surface area contributed by atoms with E-state index in [-0.39, 0.29) is 0 Å². The van der Waals surface area contributed by atoms with Crippen LogP contribution in [-0.2, 0) is 0 Å². The van der Waals surface area contributed by atoms with E-state index < -0.39 is 0 Å². The van der Waals surface area contributed by atoms with Crippen molar-refractivity contribution in [2.24, 2.45) is 0 Å². The van der Waals surface area contributed by atoms with Gasteiger partial charge in [0.15, 0.2) is 11.6 Å². The van der Waals surface area contributed by atoms with Crippen molar-refractivity contribution in [3.05, 3.63) is 49.0 Å². The second kappa shape index (κ2) is 15.5. The van der Waals surface area contributed by atoms with Crippen LogP contribution in [0.3, 0.4) is 0 Å². The van der Waals surface area contributed by atoms with Gasteiger partial charge < -0.3 is 9.47 Å². The molecule has 0 bridgehead atoms. The van der Waals surface area contributed by atoms with E-state index in [0.29, 0.717) is 11.6 Å². The molecule has 1 aromatic carbocycles. The van der Waals surface area contributed by atoms with Gasteiger partial charge >= 0.3 is 0 Å². The molecule has 0 saturated carbocycles. The highest BCUT2D eigenvalue weighted by molar-refractivity contribution is 5.56. The molecule has 0 fully saturated rings. The van der Waals surface area contributed by atoms with Gasteiger partial charge in [-0.05, 0) is 49.6 Å². The van der Waals surface area contributed by atoms with Crippen molar-refractivity contribution in [2.75, 3.05) is 6.61 Å². The zero-order valence-corrected chi connectivity index (χ0v) is 18.8. The number of ether oxygens (including phenoxy) is 2. The van der Waals surface area contributed by atoms with Gasteiger partial charge in [-0.1, -0.05) is 65.2 Å². The van der Waals surface area contributed by atoms with Crippen molar-refractivity contribution in [2.45, 2.75) is 84.5 Å². The third kappa shape index (κ3) is 9.91. The topological polar surface area (TPSA) is 44.2 Å². The van der Waals surface area contributed by atoms with Crippen LogP contribution >= 0.6 is 0 Å². The van der Waals surface area contributed by atoms with Crippen molar-refractivity contribution in [3.63, 3.8) is 0 Å². The van der Waals surface area contributed by atoms with Gasteiger partial charge in [-0.15, -0.1) is 0 Å². The van der Waals surface area contributed by atoms with E-state index in [4.69, 9.17) is 9.47 Å². The molecule has 0 radical (unpaired) electrons. The van der Waals surface area contributed by atoms with Crippen molar-refractivity contribution < 1.29 is 9.47 Å². The highest BCUT2D eigenvalue weighted by Crippen LogP contribution is 2.21. The van der Waals surface area contributed by atoms with E-state index in [1.165, 1.54) is 57.8 Å². The fourth-order valence-corrected chi connectivity index (χ4v) is 3.18. The summed E-state index contributed by atoms with van der Waals surface area (Å²) in [6, 6.07) is 7.98. The molecule has 164 valence electrons. The maximum atomic E-state index is 5.84. The third-order valence-corrected chi connectivity index (χ3v) is 5.03. The maximum absolute atomic E-state index is 5.84. The molecule has 2 rings (SSSR count). The molecule has 0 atom stereocenters. The van der Waals surface area contributed by atoms with E-state index in [9.17, 15) is 0 Å². The van der Waals surface area contributed by atoms with Gasteiger partial charge in [-0.25, -0.2) is 9.97 Å². The van der Waals surface area contributed by atoms with Crippen molar-refractivity contribution in [1.82, 2.24) is 9.97 Å². The van der Waals surface area contributed by atoms with E-state index in [1.807, 2.05) is 24.3 Å². The highest BCUT2D eigenvalue weighted by atomic mass is 16.5. The molecule has 2 aromatic rings. The molecule has 0 aliphatic rings. The Morgan fingerprint density at radius 3 is 2.07 bits per heavy atom. The Morgan fingerprint density at radius 1 is 0.733 bits per heavy atom. The van der Waals surface area contributed by atoms with Gasteiger partial charge in [-0.3, -0.25) is 0 Å². The van der Waals surface area contributed by atoms with Crippen LogP contribution < -0.4 is 9.47 Å². The third-order valence-electron chi connectivity index (χ3n) is 5.03. The fraction of sp³-hybridized carbons (Fsp3) is 0.538. The van der Waals surface area contributed by atoms with E-state index in [1.54, 1.807) is 18.7 Å². The fourth-order valence-electron chi connectivity index (χ4n) is 3.18. The first kappa shape index (κ1) is 23.9. The number of aromatic nitrogens is 2. The number of nitrogens with zero attached hydrogens (tertiary/aromatic N) is 2. The lowest BCUT2D eigenvalue weighted by molar-refractivity contribution is 0.304. The molecule has 0 N–H and O–H groups in total. The van der Waals surface area contributed by atoms with E-state index in [0.717, 1.165) is 30.8 Å². The number of unbranched alkanes of at least 4 members (excludes halogenated alkanes) is 9. The Bertz CT molecular complexity index is 696. The van der Waals surface area contributed by atoms with Crippen LogP contribution in [0.2, 0.25) is 0 Å². The molecule has 0 saturated heterocycles. The molecule has 1 aromatic heterocycles. The number of allylic oxidation sites excluding steroid dienone is 1. The van der Waals surface area contributed by atoms with Gasteiger partial charge in [0.25, 0.3) is 0 Å². The van der Waals surface area contributed by atoms with Crippen LogP contribution in [0, 0.1) is 0 Å². The molecule has 4 nitrogen and oxygen atoms in total. The predicted molar refractivity (Wildman–Crippen MR) is 125 cm³/mol. The smallest absolute Gasteiger partial charge is 0.163 e. The minimum absolute atomic E-state index is 0.655. The summed E-state index contributed by atoms with van der Waals surface area (Å²) in [5.41, 5.74) is 0.972. The van der Waals surface area contributed by atoms with Gasteiger partial charge in [-0.2, -0.15) is 0 Å². The summed E-state index contributed by atoms with van der Waals surface area (Å²) >= 11 is 0. The molecule has 0 spiro atoms. The van der Waals surface area contributed by atoms with Crippen molar-refractivity contribution >= 4 is 0 Å². The molecule has 0 aliphatic carbocycles. The molecule has 30 heavy (non-hydrogen) atoms. The largest absolute Gasteiger partial charge is 0.494 e. The van der Waals surface area contributed by atoms with Crippen LogP contribution in [0.4, 0.5) is 0 Å². The summed E-state index contributed by atoms with van der Waals surface area (Å²) in [6.45, 7) is 5.25. The molecular formula is C26H38N2O2. The Morgan fingerprint density at radius 2 is 1.37 bits per heavy atom. The van der Waals surface area contributed by atoms with Gasteiger partial charge in [0.05, 0.1) is 25.3 Å². The van der Waals surface area contributed by atoms with Crippen LogP contribution in [0.15, 0.2) is 49.0 Å². The quantitative estimate of drug-likeness (QED) is 0.210. The van der Waals surface area contributed by atoms with E-state index in [2.05, 4.69) is 29.9 Å². The highest BCUT2D eigenvalue weighted by Gasteiger charge is 2.03. The maximum Gasteiger partial charge on any atom is 0.163 e. The SMILES string of the molecule is CCCCCCC=COc1cnc(-c2ccc(OCCCCCCCC)cc2)nc1. The number of hydrogen-bond donors (Lipinski definition) is 0. The Labute approximate surface area is 182 Å². The molecule has 0 amide bonds. The molecule has 0 unspecified atom stereocenters. The average molecular weight is 411 g/mol. The standard InChI is InChI=1S/C26H38N2O2/c1-3-5-7-9-11-13-19-29-24-17-15-23(16-18-24)26-27-21-25(22-28-26)30-20-14-12-10-8-6-4-2/h14-18,20-22H,3-13,19H2,1-2H3. The molecule has 0 aliphatic heterocycles. The minimum Gasteiger partial charge on any atom is -0.494 e. The average Bonchev–Trinajstić information content (AvgIpc) is 2.79. The first-order valence-corrected chi connectivity index (χ1v) is 11.7. The Balaban J connectivity index is 1.70. The monoisotopic (exact) mass is 410 g/mol. The normalized spacial score (nSPS) is 11.1. The van der Waals surface area contributed by atoms with Gasteiger partial charge in [0.2, 0.25) is 0 Å². The molecular weight excluding hydrogens is 372 g/mol. The Hall–Kier alpha value is -2.36. The molecule has 4 heteroatoms. The van der Waals surface area contributed by atoms with Crippen LogP contribution in [0.5, 0.6) is 11.5 Å². The lowest BCUT2D eigenvalue weighted by Crippen LogP contribution is -1.97. The van der Waals surface area contributed by atoms with Gasteiger partial charge in [0, 0.05) is 5.56 Å².